The Morgan fingerprint density at radius 2 is 1.77 bits per heavy atom. The number of carbonyl (C=O) groups excluding carboxylic acids is 2. The number of esters is 1. The summed E-state index contributed by atoms with van der Waals surface area (Å²) in [4.78, 5) is 26.8. The molecule has 5 nitrogen and oxygen atoms in total. The number of hydrogen-bond donors (Lipinski definition) is 1. The average molecular weight is 422 g/mol. The van der Waals surface area contributed by atoms with Crippen molar-refractivity contribution in [2.75, 3.05) is 13.7 Å². The highest BCUT2D eigenvalue weighted by atomic mass is 32.1. The first-order valence-electron chi connectivity index (χ1n) is 9.91. The van der Waals surface area contributed by atoms with Gasteiger partial charge in [-0.1, -0.05) is 42.5 Å². The molecule has 30 heavy (non-hydrogen) atoms. The number of benzene rings is 2. The number of fused-ring (bicyclic) bond motifs is 1. The van der Waals surface area contributed by atoms with E-state index in [9.17, 15) is 9.59 Å². The van der Waals surface area contributed by atoms with Gasteiger partial charge < -0.3 is 14.8 Å². The third kappa shape index (κ3) is 4.54. The van der Waals surface area contributed by atoms with Gasteiger partial charge in [0.05, 0.1) is 13.2 Å². The van der Waals surface area contributed by atoms with Crippen LogP contribution in [-0.2, 0) is 22.4 Å². The molecule has 0 unspecified atom stereocenters. The molecule has 0 fully saturated rings. The predicted octanol–water partition coefficient (Wildman–Crippen LogP) is 4.31. The average Bonchev–Trinajstić information content (AvgIpc) is 3.39. The summed E-state index contributed by atoms with van der Waals surface area (Å²) in [6, 6.07) is 18.8. The summed E-state index contributed by atoms with van der Waals surface area (Å²) in [6.45, 7) is -0.319. The van der Waals surface area contributed by atoms with Gasteiger partial charge in [-0.3, -0.25) is 4.79 Å². The molecule has 1 aliphatic carbocycles. The van der Waals surface area contributed by atoms with Crippen molar-refractivity contribution >= 4 is 23.2 Å². The van der Waals surface area contributed by atoms with Crippen LogP contribution in [-0.4, -0.2) is 25.6 Å². The molecule has 0 aliphatic heterocycles. The first-order valence-corrected chi connectivity index (χ1v) is 10.7. The Labute approximate surface area is 179 Å². The molecule has 2 aromatic carbocycles. The number of carbonyl (C=O) groups is 2. The molecule has 1 aliphatic rings. The second-order valence-electron chi connectivity index (χ2n) is 7.17. The lowest BCUT2D eigenvalue weighted by Crippen LogP contribution is -2.33. The number of nitrogens with one attached hydrogen (secondary N) is 1. The molecule has 6 heteroatoms. The normalized spacial score (nSPS) is 13.4. The smallest absolute Gasteiger partial charge is 0.348 e. The van der Waals surface area contributed by atoms with E-state index < -0.39 is 5.97 Å². The van der Waals surface area contributed by atoms with Crippen molar-refractivity contribution in [3.05, 3.63) is 87.1 Å². The molecular weight excluding hydrogens is 398 g/mol. The number of rotatable bonds is 7. The van der Waals surface area contributed by atoms with Crippen molar-refractivity contribution in [1.82, 2.24) is 5.32 Å². The van der Waals surface area contributed by atoms with Gasteiger partial charge >= 0.3 is 5.97 Å². The van der Waals surface area contributed by atoms with E-state index in [0.29, 0.717) is 4.88 Å². The van der Waals surface area contributed by atoms with Crippen LogP contribution in [0.25, 0.3) is 0 Å². The Kier molecular flexibility index (Phi) is 6.14. The maximum absolute atomic E-state index is 12.6. The summed E-state index contributed by atoms with van der Waals surface area (Å²) in [5.41, 5.74) is 3.09. The molecule has 4 rings (SSSR count). The van der Waals surface area contributed by atoms with Crippen LogP contribution in [0.15, 0.2) is 60.7 Å². The highest BCUT2D eigenvalue weighted by molar-refractivity contribution is 7.14. The Hall–Kier alpha value is -3.12. The van der Waals surface area contributed by atoms with E-state index in [1.807, 2.05) is 60.7 Å². The third-order valence-electron chi connectivity index (χ3n) is 5.17. The van der Waals surface area contributed by atoms with E-state index in [0.717, 1.165) is 36.1 Å². The zero-order valence-corrected chi connectivity index (χ0v) is 17.5. The highest BCUT2D eigenvalue weighted by Crippen LogP contribution is 2.31. The molecule has 0 radical (unpaired) electrons. The van der Waals surface area contributed by atoms with Crippen molar-refractivity contribution in [3.8, 4) is 5.75 Å². The minimum absolute atomic E-state index is 0.319. The van der Waals surface area contributed by atoms with Gasteiger partial charge in [-0.15, -0.1) is 11.3 Å². The van der Waals surface area contributed by atoms with E-state index in [4.69, 9.17) is 9.47 Å². The van der Waals surface area contributed by atoms with Gasteiger partial charge in [-0.05, 0) is 54.2 Å². The monoisotopic (exact) mass is 421 g/mol. The van der Waals surface area contributed by atoms with Crippen molar-refractivity contribution < 1.29 is 19.1 Å². The SMILES string of the molecule is COc1ccc([C@H](NC(=O)COC(=O)c2cc3c(s2)CCC3)c2ccccc2)cc1. The quantitative estimate of drug-likeness (QED) is 0.578. The fourth-order valence-corrected chi connectivity index (χ4v) is 4.78. The Morgan fingerprint density at radius 3 is 2.47 bits per heavy atom. The van der Waals surface area contributed by atoms with Crippen LogP contribution in [0.4, 0.5) is 0 Å². The summed E-state index contributed by atoms with van der Waals surface area (Å²) < 4.78 is 10.5. The Balaban J connectivity index is 1.42. The minimum atomic E-state index is -0.440. The molecule has 1 amide bonds. The molecule has 0 saturated carbocycles. The predicted molar refractivity (Wildman–Crippen MR) is 116 cm³/mol. The fraction of sp³-hybridized carbons (Fsp3) is 0.250. The van der Waals surface area contributed by atoms with Gasteiger partial charge in [0.2, 0.25) is 0 Å². The zero-order valence-electron chi connectivity index (χ0n) is 16.7. The van der Waals surface area contributed by atoms with Crippen LogP contribution in [0, 0.1) is 0 Å². The highest BCUT2D eigenvalue weighted by Gasteiger charge is 2.21. The summed E-state index contributed by atoms with van der Waals surface area (Å²) >= 11 is 1.47. The molecule has 1 heterocycles. The van der Waals surface area contributed by atoms with E-state index in [-0.39, 0.29) is 18.6 Å². The minimum Gasteiger partial charge on any atom is -0.497 e. The van der Waals surface area contributed by atoms with Crippen LogP contribution in [0.1, 0.15) is 43.7 Å². The molecule has 3 aromatic rings. The van der Waals surface area contributed by atoms with Gasteiger partial charge in [0, 0.05) is 4.88 Å². The first kappa shape index (κ1) is 20.2. The third-order valence-corrected chi connectivity index (χ3v) is 6.39. The maximum atomic E-state index is 12.6. The van der Waals surface area contributed by atoms with Crippen molar-refractivity contribution in [2.24, 2.45) is 0 Å². The van der Waals surface area contributed by atoms with Gasteiger partial charge in [0.1, 0.15) is 10.6 Å². The van der Waals surface area contributed by atoms with E-state index >= 15 is 0 Å². The number of ether oxygens (including phenoxy) is 2. The molecule has 0 bridgehead atoms. The number of amides is 1. The van der Waals surface area contributed by atoms with Crippen molar-refractivity contribution in [2.45, 2.75) is 25.3 Å². The molecule has 1 N–H and O–H groups in total. The second kappa shape index (κ2) is 9.13. The lowest BCUT2D eigenvalue weighted by Gasteiger charge is -2.20. The van der Waals surface area contributed by atoms with Crippen LogP contribution < -0.4 is 10.1 Å². The van der Waals surface area contributed by atoms with Gasteiger partial charge in [0.25, 0.3) is 5.91 Å². The van der Waals surface area contributed by atoms with Gasteiger partial charge in [0.15, 0.2) is 6.61 Å². The number of thiophene rings is 1. The van der Waals surface area contributed by atoms with Crippen LogP contribution in [0.3, 0.4) is 0 Å². The Morgan fingerprint density at radius 1 is 1.03 bits per heavy atom. The number of aryl methyl sites for hydroxylation is 2. The molecule has 1 aromatic heterocycles. The first-order chi connectivity index (χ1) is 14.6. The van der Waals surface area contributed by atoms with Crippen LogP contribution >= 0.6 is 11.3 Å². The fourth-order valence-electron chi connectivity index (χ4n) is 3.64. The van der Waals surface area contributed by atoms with Crippen molar-refractivity contribution in [1.29, 1.82) is 0 Å². The molecule has 1 atom stereocenters. The standard InChI is InChI=1S/C24H23NO4S/c1-28-19-12-10-17(11-13-19)23(16-6-3-2-4-7-16)25-22(26)15-29-24(27)21-14-18-8-5-9-20(18)30-21/h2-4,6-7,10-14,23H,5,8-9,15H2,1H3,(H,25,26)/t23-/m1/s1. The topological polar surface area (TPSA) is 64.6 Å². The molecule has 0 spiro atoms. The maximum Gasteiger partial charge on any atom is 0.348 e. The van der Waals surface area contributed by atoms with E-state index in [1.165, 1.54) is 21.8 Å². The van der Waals surface area contributed by atoms with Gasteiger partial charge in [-0.25, -0.2) is 4.79 Å². The number of methoxy groups -OCH3 is 1. The van der Waals surface area contributed by atoms with Crippen molar-refractivity contribution in [3.63, 3.8) is 0 Å². The van der Waals surface area contributed by atoms with Crippen LogP contribution in [0.5, 0.6) is 5.75 Å². The van der Waals surface area contributed by atoms with Gasteiger partial charge in [-0.2, -0.15) is 0 Å². The summed E-state index contributed by atoms with van der Waals surface area (Å²) in [6.07, 6.45) is 3.18. The molecule has 154 valence electrons. The van der Waals surface area contributed by atoms with E-state index in [2.05, 4.69) is 5.32 Å². The molecular formula is C24H23NO4S. The summed E-state index contributed by atoms with van der Waals surface area (Å²) in [5.74, 6) is -0.0453. The lowest BCUT2D eigenvalue weighted by atomic mass is 9.98. The number of hydrogen-bond acceptors (Lipinski definition) is 5. The largest absolute Gasteiger partial charge is 0.497 e. The zero-order chi connectivity index (χ0) is 20.9. The molecule has 0 saturated heterocycles. The summed E-state index contributed by atoms with van der Waals surface area (Å²) in [5, 5.41) is 2.98. The second-order valence-corrected chi connectivity index (χ2v) is 8.31. The lowest BCUT2D eigenvalue weighted by molar-refractivity contribution is -0.124. The Bertz CT molecular complexity index is 1010. The van der Waals surface area contributed by atoms with E-state index in [1.54, 1.807) is 7.11 Å². The summed E-state index contributed by atoms with van der Waals surface area (Å²) in [7, 11) is 1.61. The van der Waals surface area contributed by atoms with Crippen LogP contribution in [0.2, 0.25) is 0 Å².